The molecule has 2 N–H and O–H groups in total. The van der Waals surface area contributed by atoms with Gasteiger partial charge >= 0.3 is 0 Å². The predicted molar refractivity (Wildman–Crippen MR) is 111 cm³/mol. The first-order chi connectivity index (χ1) is 14.3. The van der Waals surface area contributed by atoms with E-state index in [2.05, 4.69) is 15.3 Å². The fourth-order valence-corrected chi connectivity index (χ4v) is 3.82. The summed E-state index contributed by atoms with van der Waals surface area (Å²) in [5, 5.41) is 4.70. The van der Waals surface area contributed by atoms with Gasteiger partial charge in [-0.15, -0.1) is 0 Å². The minimum Gasteiger partial charge on any atom is -0.329 e. The van der Waals surface area contributed by atoms with Crippen molar-refractivity contribution in [1.29, 1.82) is 0 Å². The first-order valence-corrected chi connectivity index (χ1v) is 9.80. The molecule has 8 heteroatoms. The number of aromatic amines is 1. The van der Waals surface area contributed by atoms with E-state index >= 15 is 0 Å². The first-order valence-electron chi connectivity index (χ1n) is 9.80. The third-order valence-corrected chi connectivity index (χ3v) is 5.68. The summed E-state index contributed by atoms with van der Waals surface area (Å²) in [6.07, 6.45) is 2.65. The lowest BCUT2D eigenvalue weighted by atomic mass is 9.87. The Morgan fingerprint density at radius 1 is 1.27 bits per heavy atom. The van der Waals surface area contributed by atoms with Crippen molar-refractivity contribution in [1.82, 2.24) is 14.9 Å². The number of hydrogen-bond donors (Lipinski definition) is 2. The zero-order valence-electron chi connectivity index (χ0n) is 16.4. The van der Waals surface area contributed by atoms with Crippen molar-refractivity contribution in [3.05, 3.63) is 70.8 Å². The summed E-state index contributed by atoms with van der Waals surface area (Å²) in [5.74, 6) is -3.89. The third-order valence-electron chi connectivity index (χ3n) is 5.68. The number of halogens is 2. The first kappa shape index (κ1) is 20.2. The Kier molecular flexibility index (Phi) is 5.34. The largest absolute Gasteiger partial charge is 0.329 e. The fraction of sp³-hybridized carbons (Fsp3) is 0.318. The molecule has 1 amide bonds. The highest BCUT2D eigenvalue weighted by molar-refractivity contribution is 5.95. The molecule has 0 bridgehead atoms. The maximum Gasteiger partial charge on any atom is 0.257 e. The molecule has 2 aromatic heterocycles. The van der Waals surface area contributed by atoms with E-state index in [1.165, 1.54) is 18.3 Å². The fourth-order valence-electron chi connectivity index (χ4n) is 3.82. The maximum atomic E-state index is 14.6. The van der Waals surface area contributed by atoms with Crippen LogP contribution >= 0.6 is 0 Å². The molecule has 1 aliphatic heterocycles. The highest BCUT2D eigenvalue weighted by Crippen LogP contribution is 2.40. The Balaban J connectivity index is 1.48. The number of aromatic nitrogens is 2. The van der Waals surface area contributed by atoms with Crippen LogP contribution in [0.25, 0.3) is 10.8 Å². The second kappa shape index (κ2) is 7.95. The normalized spacial score (nSPS) is 20.0. The summed E-state index contributed by atoms with van der Waals surface area (Å²) >= 11 is 0. The number of pyridine rings is 2. The van der Waals surface area contributed by atoms with Crippen molar-refractivity contribution in [2.45, 2.75) is 31.2 Å². The Labute approximate surface area is 171 Å². The second-order valence-corrected chi connectivity index (χ2v) is 7.63. The number of rotatable bonds is 4. The smallest absolute Gasteiger partial charge is 0.257 e. The summed E-state index contributed by atoms with van der Waals surface area (Å²) in [4.78, 5) is 32.5. The van der Waals surface area contributed by atoms with Gasteiger partial charge in [-0.3, -0.25) is 14.5 Å². The molecule has 1 saturated heterocycles. The Hall–Kier alpha value is -3.13. The number of carbonyl (C=O) groups is 1. The van der Waals surface area contributed by atoms with Gasteiger partial charge in [0, 0.05) is 43.4 Å². The van der Waals surface area contributed by atoms with Crippen LogP contribution < -0.4 is 10.9 Å². The van der Waals surface area contributed by atoms with Crippen LogP contribution in [0, 0.1) is 0 Å². The highest BCUT2D eigenvalue weighted by Gasteiger charge is 2.46. The number of anilines is 1. The van der Waals surface area contributed by atoms with E-state index < -0.39 is 17.9 Å². The molecule has 1 aliphatic rings. The number of nitrogens with one attached hydrogen (secondary N) is 2. The molecule has 6 nitrogen and oxygen atoms in total. The van der Waals surface area contributed by atoms with Gasteiger partial charge in [0.25, 0.3) is 5.92 Å². The Bertz CT molecular complexity index is 1110. The van der Waals surface area contributed by atoms with Crippen LogP contribution in [0.4, 0.5) is 14.6 Å². The lowest BCUT2D eigenvalue weighted by Gasteiger charge is -2.40. The van der Waals surface area contributed by atoms with Gasteiger partial charge < -0.3 is 10.3 Å². The molecule has 0 spiro atoms. The zero-order chi connectivity index (χ0) is 21.3. The van der Waals surface area contributed by atoms with Crippen molar-refractivity contribution in [2.24, 2.45) is 0 Å². The SMILES string of the molecule is C[C@@H](C(=O)Nc1cc2ccccc2cn1)N1CCC(F)(F)[C@@H](c2ccc(=O)[nH]c2)C1. The van der Waals surface area contributed by atoms with Gasteiger partial charge in [-0.1, -0.05) is 30.3 Å². The maximum absolute atomic E-state index is 14.6. The summed E-state index contributed by atoms with van der Waals surface area (Å²) in [5.41, 5.74) is 0.0125. The highest BCUT2D eigenvalue weighted by atomic mass is 19.3. The molecule has 4 rings (SSSR count). The molecule has 3 aromatic rings. The quantitative estimate of drug-likeness (QED) is 0.689. The molecule has 0 aliphatic carbocycles. The molecule has 3 heterocycles. The van der Waals surface area contributed by atoms with E-state index in [-0.39, 0.29) is 31.0 Å². The topological polar surface area (TPSA) is 78.1 Å². The van der Waals surface area contributed by atoms with E-state index in [1.54, 1.807) is 24.1 Å². The van der Waals surface area contributed by atoms with E-state index in [1.807, 2.05) is 24.3 Å². The number of piperidine rings is 1. The van der Waals surface area contributed by atoms with Crippen molar-refractivity contribution in [3.63, 3.8) is 0 Å². The average molecular weight is 412 g/mol. The predicted octanol–water partition coefficient (Wildman–Crippen LogP) is 3.37. The molecule has 2 atom stereocenters. The molecular formula is C22H22F2N4O2. The summed E-state index contributed by atoms with van der Waals surface area (Å²) in [7, 11) is 0. The minimum absolute atomic E-state index is 0.0127. The van der Waals surface area contributed by atoms with E-state index in [4.69, 9.17) is 0 Å². The van der Waals surface area contributed by atoms with Gasteiger partial charge in [0.15, 0.2) is 0 Å². The van der Waals surface area contributed by atoms with Crippen molar-refractivity contribution < 1.29 is 13.6 Å². The van der Waals surface area contributed by atoms with Crippen LogP contribution in [0.1, 0.15) is 24.8 Å². The van der Waals surface area contributed by atoms with Crippen molar-refractivity contribution >= 4 is 22.5 Å². The van der Waals surface area contributed by atoms with E-state index in [9.17, 15) is 18.4 Å². The van der Waals surface area contributed by atoms with Crippen molar-refractivity contribution in [2.75, 3.05) is 18.4 Å². The number of likely N-dealkylation sites (tertiary alicyclic amines) is 1. The molecule has 0 saturated carbocycles. The molecule has 0 radical (unpaired) electrons. The number of nitrogens with zero attached hydrogens (tertiary/aromatic N) is 2. The van der Waals surface area contributed by atoms with Gasteiger partial charge in [0.1, 0.15) is 5.82 Å². The molecule has 156 valence electrons. The van der Waals surface area contributed by atoms with Gasteiger partial charge in [-0.2, -0.15) is 0 Å². The van der Waals surface area contributed by atoms with Gasteiger partial charge in [0.2, 0.25) is 11.5 Å². The molecule has 1 fully saturated rings. The van der Waals surface area contributed by atoms with Crippen LogP contribution in [0.3, 0.4) is 0 Å². The van der Waals surface area contributed by atoms with E-state index in [0.717, 1.165) is 10.8 Å². The third kappa shape index (κ3) is 4.09. The summed E-state index contributed by atoms with van der Waals surface area (Å²) < 4.78 is 29.1. The van der Waals surface area contributed by atoms with Crippen LogP contribution in [0.2, 0.25) is 0 Å². The molecule has 0 unspecified atom stereocenters. The number of amides is 1. The lowest BCUT2D eigenvalue weighted by molar-refractivity contribution is -0.125. The average Bonchev–Trinajstić information content (AvgIpc) is 2.74. The van der Waals surface area contributed by atoms with Gasteiger partial charge in [-0.05, 0) is 23.9 Å². The zero-order valence-corrected chi connectivity index (χ0v) is 16.4. The van der Waals surface area contributed by atoms with Gasteiger partial charge in [0.05, 0.1) is 12.0 Å². The number of H-pyrrole nitrogens is 1. The monoisotopic (exact) mass is 412 g/mol. The van der Waals surface area contributed by atoms with Crippen LogP contribution in [-0.4, -0.2) is 45.8 Å². The number of benzene rings is 1. The van der Waals surface area contributed by atoms with Crippen LogP contribution in [0.5, 0.6) is 0 Å². The summed E-state index contributed by atoms with van der Waals surface area (Å²) in [6.45, 7) is 1.81. The molecule has 30 heavy (non-hydrogen) atoms. The summed E-state index contributed by atoms with van der Waals surface area (Å²) in [6, 6.07) is 11.5. The van der Waals surface area contributed by atoms with Gasteiger partial charge in [-0.25, -0.2) is 13.8 Å². The Morgan fingerprint density at radius 3 is 2.77 bits per heavy atom. The second-order valence-electron chi connectivity index (χ2n) is 7.63. The van der Waals surface area contributed by atoms with E-state index in [0.29, 0.717) is 11.4 Å². The molecular weight excluding hydrogens is 390 g/mol. The standard InChI is InChI=1S/C22H22F2N4O2/c1-14(21(30)27-19-10-15-4-2-3-5-16(15)11-25-19)28-9-8-22(23,24)18(13-28)17-6-7-20(29)26-12-17/h2-7,10-12,14,18H,8-9,13H2,1H3,(H,26,29)(H,25,27,30)/t14-,18+/m0/s1. The number of hydrogen-bond acceptors (Lipinski definition) is 4. The Morgan fingerprint density at radius 2 is 2.03 bits per heavy atom. The molecule has 1 aromatic carbocycles. The van der Waals surface area contributed by atoms with Crippen LogP contribution in [0.15, 0.2) is 59.7 Å². The van der Waals surface area contributed by atoms with Crippen molar-refractivity contribution in [3.8, 4) is 0 Å². The lowest BCUT2D eigenvalue weighted by Crippen LogP contribution is -2.52. The van der Waals surface area contributed by atoms with Crippen LogP contribution in [-0.2, 0) is 4.79 Å². The minimum atomic E-state index is -2.91. The number of carbonyl (C=O) groups excluding carboxylic acids is 1. The number of fused-ring (bicyclic) bond motifs is 1. The number of alkyl halides is 2.